The van der Waals surface area contributed by atoms with E-state index in [9.17, 15) is 4.39 Å². The van der Waals surface area contributed by atoms with Gasteiger partial charge in [-0.15, -0.1) is 10.2 Å². The Balaban J connectivity index is 2.67. The van der Waals surface area contributed by atoms with Crippen LogP contribution in [0.5, 0.6) is 0 Å². The van der Waals surface area contributed by atoms with Gasteiger partial charge >= 0.3 is 0 Å². The maximum Gasteiger partial charge on any atom is 0.229 e. The molecule has 2 aromatic rings. The van der Waals surface area contributed by atoms with Crippen molar-refractivity contribution in [3.8, 4) is 5.69 Å². The molecule has 0 N–H and O–H groups in total. The highest BCUT2D eigenvalue weighted by atomic mass is 35.5. The number of aromatic nitrogens is 3. The normalized spacial score (nSPS) is 11.9. The van der Waals surface area contributed by atoms with Crippen LogP contribution in [-0.4, -0.2) is 14.8 Å². The van der Waals surface area contributed by atoms with Crippen molar-refractivity contribution < 1.29 is 4.39 Å². The van der Waals surface area contributed by atoms with Gasteiger partial charge < -0.3 is 0 Å². The lowest BCUT2D eigenvalue weighted by Gasteiger charge is -2.19. The number of halogens is 3. The number of benzene rings is 1. The minimum absolute atomic E-state index is 0.126. The van der Waals surface area contributed by atoms with Crippen molar-refractivity contribution in [2.45, 2.75) is 26.2 Å². The summed E-state index contributed by atoms with van der Waals surface area (Å²) in [5.74, 6) is 0.128. The van der Waals surface area contributed by atoms with Crippen molar-refractivity contribution in [3.05, 3.63) is 40.1 Å². The first-order valence-corrected chi connectivity index (χ1v) is 6.13. The molecule has 0 radical (unpaired) electrons. The van der Waals surface area contributed by atoms with Crippen LogP contribution in [0.25, 0.3) is 5.69 Å². The van der Waals surface area contributed by atoms with Gasteiger partial charge in [0.15, 0.2) is 0 Å². The number of rotatable bonds is 1. The fraction of sp³-hybridized carbons (Fsp3) is 0.333. The number of hydrogen-bond acceptors (Lipinski definition) is 2. The SMILES string of the molecule is CC(C)(C)c1nnc(Cl)n1-c1ccc(Cl)cc1F. The van der Waals surface area contributed by atoms with E-state index in [1.165, 1.54) is 10.6 Å². The highest BCUT2D eigenvalue weighted by molar-refractivity contribution is 6.30. The Labute approximate surface area is 115 Å². The van der Waals surface area contributed by atoms with Crippen LogP contribution in [0.2, 0.25) is 10.3 Å². The molecule has 0 amide bonds. The summed E-state index contributed by atoms with van der Waals surface area (Å²) in [4.78, 5) is 0. The summed E-state index contributed by atoms with van der Waals surface area (Å²) in [5, 5.41) is 8.27. The molecule has 0 unspecified atom stereocenters. The first-order chi connectivity index (χ1) is 8.30. The Morgan fingerprint density at radius 1 is 1.17 bits per heavy atom. The van der Waals surface area contributed by atoms with Crippen LogP contribution in [0.3, 0.4) is 0 Å². The van der Waals surface area contributed by atoms with Crippen LogP contribution in [0, 0.1) is 5.82 Å². The van der Waals surface area contributed by atoms with E-state index in [-0.39, 0.29) is 10.7 Å². The minimum atomic E-state index is -0.463. The third-order valence-electron chi connectivity index (χ3n) is 2.45. The topological polar surface area (TPSA) is 30.7 Å². The van der Waals surface area contributed by atoms with Crippen molar-refractivity contribution in [1.29, 1.82) is 0 Å². The number of hydrogen-bond donors (Lipinski definition) is 0. The molecule has 0 aliphatic carbocycles. The van der Waals surface area contributed by atoms with E-state index in [0.717, 1.165) is 0 Å². The standard InChI is InChI=1S/C12H12Cl2FN3/c1-12(2,3)10-16-17-11(14)18(10)9-5-4-7(13)6-8(9)15/h4-6H,1-3H3. The zero-order chi connectivity index (χ0) is 13.5. The van der Waals surface area contributed by atoms with Crippen molar-refractivity contribution in [2.24, 2.45) is 0 Å². The van der Waals surface area contributed by atoms with Gasteiger partial charge in [0.1, 0.15) is 11.6 Å². The third kappa shape index (κ3) is 2.35. The summed E-state index contributed by atoms with van der Waals surface area (Å²) in [6.45, 7) is 5.87. The van der Waals surface area contributed by atoms with Gasteiger partial charge in [-0.1, -0.05) is 32.4 Å². The Morgan fingerprint density at radius 3 is 2.39 bits per heavy atom. The van der Waals surface area contributed by atoms with Crippen molar-refractivity contribution in [1.82, 2.24) is 14.8 Å². The molecule has 0 spiro atoms. The molecule has 0 aliphatic rings. The fourth-order valence-corrected chi connectivity index (χ4v) is 1.99. The molecular formula is C12H12Cl2FN3. The average molecular weight is 288 g/mol. The van der Waals surface area contributed by atoms with Gasteiger partial charge in [0, 0.05) is 10.4 Å². The summed E-state index contributed by atoms with van der Waals surface area (Å²) < 4.78 is 15.4. The minimum Gasteiger partial charge on any atom is -0.266 e. The van der Waals surface area contributed by atoms with Crippen molar-refractivity contribution in [2.75, 3.05) is 0 Å². The van der Waals surface area contributed by atoms with Gasteiger partial charge in [0.05, 0.1) is 5.69 Å². The lowest BCUT2D eigenvalue weighted by atomic mass is 9.95. The Hall–Kier alpha value is -1.13. The molecule has 0 fully saturated rings. The smallest absolute Gasteiger partial charge is 0.229 e. The largest absolute Gasteiger partial charge is 0.266 e. The maximum atomic E-state index is 13.9. The molecule has 6 heteroatoms. The molecule has 2 rings (SSSR count). The molecule has 18 heavy (non-hydrogen) atoms. The van der Waals surface area contributed by atoms with Gasteiger partial charge in [-0.2, -0.15) is 0 Å². The van der Waals surface area contributed by atoms with Crippen molar-refractivity contribution in [3.63, 3.8) is 0 Å². The van der Waals surface area contributed by atoms with Gasteiger partial charge in [0.2, 0.25) is 5.28 Å². The lowest BCUT2D eigenvalue weighted by Crippen LogP contribution is -2.19. The van der Waals surface area contributed by atoms with Gasteiger partial charge in [0.25, 0.3) is 0 Å². The second-order valence-corrected chi connectivity index (χ2v) is 5.75. The molecule has 0 saturated heterocycles. The maximum absolute atomic E-state index is 13.9. The van der Waals surface area contributed by atoms with Crippen LogP contribution in [0.15, 0.2) is 18.2 Å². The third-order valence-corrected chi connectivity index (χ3v) is 2.92. The van der Waals surface area contributed by atoms with Gasteiger partial charge in [-0.25, -0.2) is 4.39 Å². The van der Waals surface area contributed by atoms with E-state index < -0.39 is 5.82 Å². The van der Waals surface area contributed by atoms with Crippen LogP contribution in [-0.2, 0) is 5.41 Å². The molecule has 0 bridgehead atoms. The number of nitrogens with zero attached hydrogens (tertiary/aromatic N) is 3. The molecule has 0 saturated carbocycles. The highest BCUT2D eigenvalue weighted by Gasteiger charge is 2.25. The lowest BCUT2D eigenvalue weighted by molar-refractivity contribution is 0.527. The fourth-order valence-electron chi connectivity index (χ4n) is 1.63. The Morgan fingerprint density at radius 2 is 1.83 bits per heavy atom. The van der Waals surface area contributed by atoms with Gasteiger partial charge in [-0.05, 0) is 29.8 Å². The highest BCUT2D eigenvalue weighted by Crippen LogP contribution is 2.28. The van der Waals surface area contributed by atoms with E-state index in [2.05, 4.69) is 10.2 Å². The predicted molar refractivity (Wildman–Crippen MR) is 70.0 cm³/mol. The van der Waals surface area contributed by atoms with Crippen LogP contribution < -0.4 is 0 Å². The second kappa shape index (κ2) is 4.52. The summed E-state index contributed by atoms with van der Waals surface area (Å²) in [6, 6.07) is 4.39. The average Bonchev–Trinajstić information content (AvgIpc) is 2.60. The zero-order valence-electron chi connectivity index (χ0n) is 10.2. The van der Waals surface area contributed by atoms with E-state index in [1.54, 1.807) is 12.1 Å². The molecular weight excluding hydrogens is 276 g/mol. The van der Waals surface area contributed by atoms with Crippen molar-refractivity contribution >= 4 is 23.2 Å². The second-order valence-electron chi connectivity index (χ2n) is 4.97. The summed E-state index contributed by atoms with van der Waals surface area (Å²) >= 11 is 11.7. The van der Waals surface area contributed by atoms with Crippen LogP contribution >= 0.6 is 23.2 Å². The zero-order valence-corrected chi connectivity index (χ0v) is 11.7. The molecule has 1 aromatic carbocycles. The first kappa shape index (κ1) is 13.3. The Kier molecular flexibility index (Phi) is 3.34. The molecule has 0 atom stereocenters. The molecule has 3 nitrogen and oxygen atoms in total. The van der Waals surface area contributed by atoms with Crippen LogP contribution in [0.1, 0.15) is 26.6 Å². The van der Waals surface area contributed by atoms with Gasteiger partial charge in [-0.3, -0.25) is 4.57 Å². The molecule has 0 aliphatic heterocycles. The molecule has 96 valence electrons. The molecule has 1 aromatic heterocycles. The summed E-state index contributed by atoms with van der Waals surface area (Å²) in [5.41, 5.74) is -0.00835. The first-order valence-electron chi connectivity index (χ1n) is 5.37. The van der Waals surface area contributed by atoms with E-state index in [0.29, 0.717) is 16.5 Å². The van der Waals surface area contributed by atoms with Crippen LogP contribution in [0.4, 0.5) is 4.39 Å². The Bertz CT molecular complexity index is 587. The molecule has 1 heterocycles. The van der Waals surface area contributed by atoms with E-state index in [4.69, 9.17) is 23.2 Å². The predicted octanol–water partition coefficient (Wildman–Crippen LogP) is 4.01. The summed E-state index contributed by atoms with van der Waals surface area (Å²) in [6.07, 6.45) is 0. The monoisotopic (exact) mass is 287 g/mol. The quantitative estimate of drug-likeness (QED) is 0.793. The van der Waals surface area contributed by atoms with E-state index >= 15 is 0 Å². The van der Waals surface area contributed by atoms with E-state index in [1.807, 2.05) is 20.8 Å². The summed E-state index contributed by atoms with van der Waals surface area (Å²) in [7, 11) is 0.